The van der Waals surface area contributed by atoms with Crippen molar-refractivity contribution in [2.24, 2.45) is 0 Å². The molecule has 0 saturated heterocycles. The Balaban J connectivity index is 2.04. The monoisotopic (exact) mass is 348 g/mol. The lowest BCUT2D eigenvalue weighted by Crippen LogP contribution is -2.38. The fourth-order valence-corrected chi connectivity index (χ4v) is 2.54. The van der Waals surface area contributed by atoms with Gasteiger partial charge in [0.05, 0.1) is 12.6 Å². The molecule has 0 radical (unpaired) electrons. The van der Waals surface area contributed by atoms with E-state index in [4.69, 9.17) is 4.74 Å². The maximum Gasteiger partial charge on any atom is 0.317 e. The number of carbonyl (C=O) groups excluding carboxylic acids is 1. The summed E-state index contributed by atoms with van der Waals surface area (Å²) in [6.45, 7) is 2.42. The molecule has 6 heteroatoms. The molecule has 0 aliphatic heterocycles. The van der Waals surface area contributed by atoms with Crippen molar-refractivity contribution in [3.05, 3.63) is 70.8 Å². The topological polar surface area (TPSA) is 41.6 Å². The molecule has 2 aromatic carbocycles. The average Bonchev–Trinajstić information content (AvgIpc) is 2.61. The second kappa shape index (κ2) is 8.58. The number of hydrogen-bond acceptors (Lipinski definition) is 2. The number of methoxy groups -OCH3 is 1. The van der Waals surface area contributed by atoms with Crippen LogP contribution in [0.3, 0.4) is 0 Å². The van der Waals surface area contributed by atoms with Crippen LogP contribution in [-0.2, 0) is 17.9 Å². The summed E-state index contributed by atoms with van der Waals surface area (Å²) in [6.07, 6.45) is 0. The summed E-state index contributed by atoms with van der Waals surface area (Å²) in [6, 6.07) is 9.87. The van der Waals surface area contributed by atoms with Crippen LogP contribution < -0.4 is 5.32 Å². The molecule has 4 nitrogen and oxygen atoms in total. The molecule has 0 aliphatic carbocycles. The first kappa shape index (κ1) is 18.9. The molecule has 0 heterocycles. The molecule has 2 aromatic rings. The van der Waals surface area contributed by atoms with E-state index < -0.39 is 17.7 Å². The van der Waals surface area contributed by atoms with Gasteiger partial charge in [-0.05, 0) is 36.2 Å². The first-order valence-corrected chi connectivity index (χ1v) is 7.95. The van der Waals surface area contributed by atoms with Crippen LogP contribution in [0.5, 0.6) is 0 Å². The molecule has 2 amide bonds. The third-order valence-corrected chi connectivity index (χ3v) is 4.16. The number of nitrogens with one attached hydrogen (secondary N) is 1. The first-order chi connectivity index (χ1) is 11.9. The molecule has 1 atom stereocenters. The van der Waals surface area contributed by atoms with Crippen molar-refractivity contribution >= 4 is 6.03 Å². The van der Waals surface area contributed by atoms with Crippen molar-refractivity contribution in [1.82, 2.24) is 10.2 Å². The van der Waals surface area contributed by atoms with E-state index in [0.29, 0.717) is 13.2 Å². The van der Waals surface area contributed by atoms with Gasteiger partial charge in [0.1, 0.15) is 11.6 Å². The smallest absolute Gasteiger partial charge is 0.317 e. The van der Waals surface area contributed by atoms with Crippen LogP contribution >= 0.6 is 0 Å². The number of nitrogens with zero attached hydrogens (tertiary/aromatic N) is 1. The third kappa shape index (κ3) is 4.76. The van der Waals surface area contributed by atoms with Gasteiger partial charge in [-0.15, -0.1) is 0 Å². The Kier molecular flexibility index (Phi) is 6.47. The van der Waals surface area contributed by atoms with E-state index in [1.54, 1.807) is 21.1 Å². The summed E-state index contributed by atoms with van der Waals surface area (Å²) < 4.78 is 32.4. The van der Waals surface area contributed by atoms with Gasteiger partial charge < -0.3 is 15.0 Å². The lowest BCUT2D eigenvalue weighted by atomic mass is 10.1. The van der Waals surface area contributed by atoms with Crippen molar-refractivity contribution in [2.75, 3.05) is 14.2 Å². The van der Waals surface area contributed by atoms with Crippen LogP contribution in [0, 0.1) is 11.6 Å². The normalized spacial score (nSPS) is 11.9. The van der Waals surface area contributed by atoms with Crippen molar-refractivity contribution in [1.29, 1.82) is 0 Å². The Hall–Kier alpha value is -2.47. The van der Waals surface area contributed by atoms with E-state index in [1.165, 1.54) is 4.90 Å². The van der Waals surface area contributed by atoms with Crippen molar-refractivity contribution < 1.29 is 18.3 Å². The van der Waals surface area contributed by atoms with E-state index >= 15 is 0 Å². The molecule has 0 aliphatic rings. The molecular formula is C19H22F2N2O2. The minimum atomic E-state index is -0.607. The lowest BCUT2D eigenvalue weighted by Gasteiger charge is -2.26. The van der Waals surface area contributed by atoms with Crippen LogP contribution in [0.4, 0.5) is 13.6 Å². The van der Waals surface area contributed by atoms with Crippen LogP contribution in [0.1, 0.15) is 29.7 Å². The van der Waals surface area contributed by atoms with Crippen LogP contribution in [0.2, 0.25) is 0 Å². The molecule has 0 saturated carbocycles. The van der Waals surface area contributed by atoms with Crippen LogP contribution in [0.25, 0.3) is 0 Å². The highest BCUT2D eigenvalue weighted by Gasteiger charge is 2.20. The highest BCUT2D eigenvalue weighted by atomic mass is 19.1. The minimum absolute atomic E-state index is 0.137. The zero-order valence-corrected chi connectivity index (χ0v) is 14.6. The molecule has 0 unspecified atom stereocenters. The maximum atomic E-state index is 13.9. The number of halogens is 2. The number of carbonyl (C=O) groups is 1. The fraction of sp³-hybridized carbons (Fsp3) is 0.316. The Labute approximate surface area is 146 Å². The number of urea groups is 1. The summed E-state index contributed by atoms with van der Waals surface area (Å²) in [7, 11) is 3.16. The quantitative estimate of drug-likeness (QED) is 0.857. The largest absolute Gasteiger partial charge is 0.380 e. The Morgan fingerprint density at radius 3 is 2.56 bits per heavy atom. The highest BCUT2D eigenvalue weighted by molar-refractivity contribution is 5.74. The Bertz CT molecular complexity index is 737. The predicted octanol–water partition coefficient (Wildman–Crippen LogP) is 4.01. The van der Waals surface area contributed by atoms with E-state index in [1.807, 2.05) is 24.3 Å². The van der Waals surface area contributed by atoms with Gasteiger partial charge in [0.2, 0.25) is 0 Å². The first-order valence-electron chi connectivity index (χ1n) is 7.95. The molecule has 2 rings (SSSR count). The zero-order valence-electron chi connectivity index (χ0n) is 14.6. The third-order valence-electron chi connectivity index (χ3n) is 4.16. The van der Waals surface area contributed by atoms with Crippen LogP contribution in [0.15, 0.2) is 42.5 Å². The summed E-state index contributed by atoms with van der Waals surface area (Å²) in [5.74, 6) is -1.08. The predicted molar refractivity (Wildman–Crippen MR) is 91.9 cm³/mol. The van der Waals surface area contributed by atoms with Gasteiger partial charge in [-0.25, -0.2) is 13.6 Å². The number of amides is 2. The van der Waals surface area contributed by atoms with Crippen molar-refractivity contribution in [3.8, 4) is 0 Å². The lowest BCUT2D eigenvalue weighted by molar-refractivity contribution is 0.183. The maximum absolute atomic E-state index is 13.9. The summed E-state index contributed by atoms with van der Waals surface area (Å²) in [5, 5.41) is 2.80. The van der Waals surface area contributed by atoms with Gasteiger partial charge in [-0.2, -0.15) is 0 Å². The molecule has 0 aromatic heterocycles. The minimum Gasteiger partial charge on any atom is -0.380 e. The summed E-state index contributed by atoms with van der Waals surface area (Å²) >= 11 is 0. The highest BCUT2D eigenvalue weighted by Crippen LogP contribution is 2.23. The van der Waals surface area contributed by atoms with Gasteiger partial charge in [-0.1, -0.05) is 24.3 Å². The Morgan fingerprint density at radius 1 is 1.20 bits per heavy atom. The fourth-order valence-electron chi connectivity index (χ4n) is 2.54. The molecule has 1 N–H and O–H groups in total. The number of ether oxygens (including phenoxy) is 1. The summed E-state index contributed by atoms with van der Waals surface area (Å²) in [4.78, 5) is 13.7. The molecular weight excluding hydrogens is 326 g/mol. The molecule has 0 bridgehead atoms. The molecule has 0 fully saturated rings. The van der Waals surface area contributed by atoms with Gasteiger partial charge in [0.15, 0.2) is 0 Å². The van der Waals surface area contributed by atoms with Gasteiger partial charge >= 0.3 is 6.03 Å². The number of benzene rings is 2. The zero-order chi connectivity index (χ0) is 18.4. The SMILES string of the molecule is COCc1ccccc1CNC(=O)N(C)[C@H](C)c1cc(F)ccc1F. The van der Waals surface area contributed by atoms with Gasteiger partial charge in [-0.3, -0.25) is 0 Å². The van der Waals surface area contributed by atoms with Gasteiger partial charge in [0.25, 0.3) is 0 Å². The van der Waals surface area contributed by atoms with E-state index in [0.717, 1.165) is 29.3 Å². The molecule has 0 spiro atoms. The standard InChI is InChI=1S/C19H22F2N2O2/c1-13(17-10-16(20)8-9-18(17)21)23(2)19(24)22-11-14-6-4-5-7-15(14)12-25-3/h4-10,13H,11-12H2,1-3H3,(H,22,24)/t13-/m1/s1. The van der Waals surface area contributed by atoms with Crippen molar-refractivity contribution in [3.63, 3.8) is 0 Å². The Morgan fingerprint density at radius 2 is 1.88 bits per heavy atom. The average molecular weight is 348 g/mol. The van der Waals surface area contributed by atoms with E-state index in [-0.39, 0.29) is 11.6 Å². The summed E-state index contributed by atoms with van der Waals surface area (Å²) in [5.41, 5.74) is 2.06. The second-order valence-corrected chi connectivity index (χ2v) is 5.81. The number of rotatable bonds is 6. The van der Waals surface area contributed by atoms with E-state index in [9.17, 15) is 13.6 Å². The van der Waals surface area contributed by atoms with Crippen molar-refractivity contribution in [2.45, 2.75) is 26.1 Å². The second-order valence-electron chi connectivity index (χ2n) is 5.81. The van der Waals surface area contributed by atoms with Gasteiger partial charge in [0, 0.05) is 26.3 Å². The van der Waals surface area contributed by atoms with Crippen LogP contribution in [-0.4, -0.2) is 25.1 Å². The van der Waals surface area contributed by atoms with E-state index in [2.05, 4.69) is 5.32 Å². The number of hydrogen-bond donors (Lipinski definition) is 1. The molecule has 25 heavy (non-hydrogen) atoms. The molecule has 134 valence electrons.